The molecule has 0 radical (unpaired) electrons. The van der Waals surface area contributed by atoms with E-state index in [2.05, 4.69) is 23.8 Å². The average molecular weight is 541 g/mol. The Morgan fingerprint density at radius 1 is 1.23 bits per heavy atom. The summed E-state index contributed by atoms with van der Waals surface area (Å²) < 4.78 is 10.3. The molecule has 0 aliphatic heterocycles. The topological polar surface area (TPSA) is 127 Å². The molecule has 1 aromatic heterocycles. The number of hydrogen-bond donors (Lipinski definition) is 3. The summed E-state index contributed by atoms with van der Waals surface area (Å²) in [6, 6.07) is 1.23. The van der Waals surface area contributed by atoms with Crippen LogP contribution in [-0.4, -0.2) is 54.6 Å². The van der Waals surface area contributed by atoms with Crippen LogP contribution in [0.5, 0.6) is 0 Å². The molecule has 9 nitrogen and oxygen atoms in total. The van der Waals surface area contributed by atoms with Gasteiger partial charge in [0, 0.05) is 24.8 Å². The molecule has 1 fully saturated rings. The maximum absolute atomic E-state index is 13.3. The lowest BCUT2D eigenvalue weighted by atomic mass is 9.93. The van der Waals surface area contributed by atoms with E-state index in [4.69, 9.17) is 14.9 Å². The van der Waals surface area contributed by atoms with Crippen molar-refractivity contribution in [2.75, 3.05) is 19.7 Å². The van der Waals surface area contributed by atoms with E-state index in [1.54, 1.807) is 24.5 Å². The number of amides is 3. The van der Waals surface area contributed by atoms with Crippen LogP contribution in [0.4, 0.5) is 4.79 Å². The normalized spacial score (nSPS) is 15.0. The number of carbonyl (C=O) groups is 3. The molecule has 0 saturated heterocycles. The van der Waals surface area contributed by atoms with Crippen molar-refractivity contribution in [3.05, 3.63) is 72.4 Å². The molecule has 9 heteroatoms. The molecular weight excluding hydrogens is 496 g/mol. The van der Waals surface area contributed by atoms with Gasteiger partial charge in [0.1, 0.15) is 6.61 Å². The number of rotatable bonds is 15. The number of nitrogens with two attached hydrogens (primary N) is 1. The van der Waals surface area contributed by atoms with Gasteiger partial charge in [-0.3, -0.25) is 9.59 Å². The number of alkyl carbamates (subject to hydrolysis) is 1. The molecule has 0 aromatic carbocycles. The van der Waals surface area contributed by atoms with Gasteiger partial charge in [0.15, 0.2) is 5.76 Å². The Hall–Kier alpha value is -3.59. The zero-order valence-corrected chi connectivity index (χ0v) is 23.4. The largest absolute Gasteiger partial charge is 0.459 e. The third-order valence-electron chi connectivity index (χ3n) is 6.55. The van der Waals surface area contributed by atoms with Gasteiger partial charge in [0.25, 0.3) is 5.91 Å². The van der Waals surface area contributed by atoms with Crippen molar-refractivity contribution in [1.29, 1.82) is 0 Å². The molecule has 0 bridgehead atoms. The van der Waals surface area contributed by atoms with Crippen LogP contribution in [0.25, 0.3) is 0 Å². The SMILES string of the molecule is C=CCOC(=O)NCCCC[C@H](N)C(=O)NC(/C=C\C(=C)CN(C(=O)c1cc(C)co1)C1CCCCC1)=C/C. The van der Waals surface area contributed by atoms with E-state index in [9.17, 15) is 14.4 Å². The van der Waals surface area contributed by atoms with Crippen molar-refractivity contribution in [1.82, 2.24) is 15.5 Å². The number of unbranched alkanes of at least 4 members (excludes halogenated alkanes) is 1. The lowest BCUT2D eigenvalue weighted by molar-refractivity contribution is -0.121. The first-order valence-corrected chi connectivity index (χ1v) is 13.7. The highest BCUT2D eigenvalue weighted by Crippen LogP contribution is 2.25. The van der Waals surface area contributed by atoms with Crippen molar-refractivity contribution in [2.24, 2.45) is 5.73 Å². The summed E-state index contributed by atoms with van der Waals surface area (Å²) in [5, 5.41) is 5.48. The van der Waals surface area contributed by atoms with Gasteiger partial charge < -0.3 is 30.4 Å². The van der Waals surface area contributed by atoms with Crippen LogP contribution < -0.4 is 16.4 Å². The van der Waals surface area contributed by atoms with E-state index in [-0.39, 0.29) is 24.5 Å². The number of hydrogen-bond acceptors (Lipinski definition) is 6. The Kier molecular flexibility index (Phi) is 13.9. The van der Waals surface area contributed by atoms with Crippen molar-refractivity contribution < 1.29 is 23.5 Å². The van der Waals surface area contributed by atoms with Crippen molar-refractivity contribution in [3.63, 3.8) is 0 Å². The van der Waals surface area contributed by atoms with Gasteiger partial charge in [-0.2, -0.15) is 0 Å². The van der Waals surface area contributed by atoms with Gasteiger partial charge in [0.2, 0.25) is 5.91 Å². The highest BCUT2D eigenvalue weighted by Gasteiger charge is 2.28. The highest BCUT2D eigenvalue weighted by molar-refractivity contribution is 5.92. The van der Waals surface area contributed by atoms with Crippen LogP contribution in [0.1, 0.15) is 74.4 Å². The zero-order chi connectivity index (χ0) is 28.6. The standard InChI is InChI=1S/C30H44N4O5/c1-5-18-38-30(37)32-17-11-10-14-26(31)28(35)33-24(6-2)16-15-22(3)20-34(25-12-8-7-9-13-25)29(36)27-19-23(4)21-39-27/h5-6,15-16,19,21,25-26H,1,3,7-14,17-18,20,31H2,2,4H3,(H,32,37)(H,33,35)/b16-15-,24-6+/t26-/m0/s1. The minimum Gasteiger partial charge on any atom is -0.459 e. The molecule has 0 spiro atoms. The first kappa shape index (κ1) is 31.6. The first-order chi connectivity index (χ1) is 18.7. The fraction of sp³-hybridized carbons (Fsp3) is 0.500. The third kappa shape index (κ3) is 11.4. The predicted molar refractivity (Wildman–Crippen MR) is 153 cm³/mol. The molecule has 2 rings (SSSR count). The molecule has 1 saturated carbocycles. The van der Waals surface area contributed by atoms with Gasteiger partial charge >= 0.3 is 6.09 Å². The molecule has 0 unspecified atom stereocenters. The zero-order valence-electron chi connectivity index (χ0n) is 23.4. The Balaban J connectivity index is 1.85. The predicted octanol–water partition coefficient (Wildman–Crippen LogP) is 4.91. The molecule has 1 atom stereocenters. The number of carbonyl (C=O) groups excluding carboxylic acids is 3. The van der Waals surface area contributed by atoms with Gasteiger partial charge in [-0.15, -0.1) is 0 Å². The molecule has 1 aliphatic rings. The monoisotopic (exact) mass is 540 g/mol. The van der Waals surface area contributed by atoms with Gasteiger partial charge in [-0.25, -0.2) is 4.79 Å². The molecule has 214 valence electrons. The minimum atomic E-state index is -0.680. The van der Waals surface area contributed by atoms with Gasteiger partial charge in [-0.1, -0.05) is 50.6 Å². The first-order valence-electron chi connectivity index (χ1n) is 13.7. The maximum atomic E-state index is 13.3. The Labute approximate surface area is 232 Å². The second-order valence-electron chi connectivity index (χ2n) is 9.85. The summed E-state index contributed by atoms with van der Waals surface area (Å²) >= 11 is 0. The molecule has 4 N–H and O–H groups in total. The molecule has 1 heterocycles. The Bertz CT molecular complexity index is 1040. The van der Waals surface area contributed by atoms with Crippen LogP contribution in [0.15, 0.2) is 65.5 Å². The van der Waals surface area contributed by atoms with Crippen LogP contribution >= 0.6 is 0 Å². The Morgan fingerprint density at radius 3 is 2.62 bits per heavy atom. The third-order valence-corrected chi connectivity index (χ3v) is 6.55. The second kappa shape index (κ2) is 17.1. The van der Waals surface area contributed by atoms with E-state index in [0.717, 1.165) is 36.8 Å². The fourth-order valence-corrected chi connectivity index (χ4v) is 4.36. The molecule has 1 aliphatic carbocycles. The molecule has 1 aromatic rings. The van der Waals surface area contributed by atoms with E-state index < -0.39 is 12.1 Å². The number of allylic oxidation sites excluding steroid dienone is 2. The molecule has 3 amide bonds. The lowest BCUT2D eigenvalue weighted by Crippen LogP contribution is -2.42. The Morgan fingerprint density at radius 2 is 1.97 bits per heavy atom. The summed E-state index contributed by atoms with van der Waals surface area (Å²) in [6.45, 7) is 12.3. The summed E-state index contributed by atoms with van der Waals surface area (Å²) in [7, 11) is 0. The van der Waals surface area contributed by atoms with E-state index in [0.29, 0.717) is 43.8 Å². The van der Waals surface area contributed by atoms with Gasteiger partial charge in [0.05, 0.1) is 12.3 Å². The van der Waals surface area contributed by atoms with Gasteiger partial charge in [-0.05, 0) is 69.2 Å². The quantitative estimate of drug-likeness (QED) is 0.165. The smallest absolute Gasteiger partial charge is 0.407 e. The van der Waals surface area contributed by atoms with Crippen LogP contribution in [0.3, 0.4) is 0 Å². The molecular formula is C30H44N4O5. The maximum Gasteiger partial charge on any atom is 0.407 e. The van der Waals surface area contributed by atoms with E-state index >= 15 is 0 Å². The number of nitrogens with zero attached hydrogens (tertiary/aromatic N) is 1. The van der Waals surface area contributed by atoms with Crippen molar-refractivity contribution in [2.45, 2.75) is 77.3 Å². The summed E-state index contributed by atoms with van der Waals surface area (Å²) in [5.41, 5.74) is 8.32. The number of nitrogens with one attached hydrogen (secondary N) is 2. The summed E-state index contributed by atoms with van der Waals surface area (Å²) in [5.74, 6) is -0.0727. The lowest BCUT2D eigenvalue weighted by Gasteiger charge is -2.34. The number of furan rings is 1. The summed E-state index contributed by atoms with van der Waals surface area (Å²) in [6.07, 6.45) is 15.1. The number of aryl methyl sites for hydroxylation is 1. The van der Waals surface area contributed by atoms with Crippen molar-refractivity contribution >= 4 is 17.9 Å². The van der Waals surface area contributed by atoms with Crippen molar-refractivity contribution in [3.8, 4) is 0 Å². The van der Waals surface area contributed by atoms with Crippen LogP contribution in [0.2, 0.25) is 0 Å². The average Bonchev–Trinajstić information content (AvgIpc) is 3.38. The fourth-order valence-electron chi connectivity index (χ4n) is 4.36. The minimum absolute atomic E-state index is 0.126. The molecule has 39 heavy (non-hydrogen) atoms. The second-order valence-corrected chi connectivity index (χ2v) is 9.85. The number of ether oxygens (including phenoxy) is 1. The summed E-state index contributed by atoms with van der Waals surface area (Å²) in [4.78, 5) is 39.1. The van der Waals surface area contributed by atoms with E-state index in [1.807, 2.05) is 24.8 Å². The highest BCUT2D eigenvalue weighted by atomic mass is 16.5. The van der Waals surface area contributed by atoms with E-state index in [1.165, 1.54) is 12.5 Å². The van der Waals surface area contributed by atoms with Crippen LogP contribution in [0, 0.1) is 6.92 Å². The van der Waals surface area contributed by atoms with Crippen LogP contribution in [-0.2, 0) is 9.53 Å².